The van der Waals surface area contributed by atoms with Crippen molar-refractivity contribution in [2.45, 2.75) is 13.1 Å². The second-order valence-electron chi connectivity index (χ2n) is 6.09. The zero-order valence-electron chi connectivity index (χ0n) is 14.1. The zero-order chi connectivity index (χ0) is 18.3. The summed E-state index contributed by atoms with van der Waals surface area (Å²) in [5.41, 5.74) is 9.21. The van der Waals surface area contributed by atoms with Crippen LogP contribution >= 0.6 is 0 Å². The van der Waals surface area contributed by atoms with Crippen LogP contribution in [0, 0.1) is 10.1 Å². The molecule has 2 N–H and O–H groups in total. The van der Waals surface area contributed by atoms with Crippen molar-refractivity contribution in [1.82, 2.24) is 4.98 Å². The van der Waals surface area contributed by atoms with E-state index < -0.39 is 0 Å². The van der Waals surface area contributed by atoms with E-state index in [1.807, 2.05) is 54.3 Å². The average molecular weight is 347 g/mol. The molecule has 0 bridgehead atoms. The lowest BCUT2D eigenvalue weighted by atomic mass is 10.2. The van der Waals surface area contributed by atoms with Gasteiger partial charge in [-0.1, -0.05) is 6.07 Å². The Morgan fingerprint density at radius 2 is 1.81 bits per heavy atom. The highest BCUT2D eigenvalue weighted by molar-refractivity contribution is 5.86. The van der Waals surface area contributed by atoms with Gasteiger partial charge in [0.15, 0.2) is 5.82 Å². The van der Waals surface area contributed by atoms with Crippen molar-refractivity contribution in [3.8, 4) is 0 Å². The van der Waals surface area contributed by atoms with E-state index in [9.17, 15) is 10.1 Å². The molecule has 0 aliphatic carbocycles. The number of nitrogens with two attached hydrogens (primary N) is 1. The molecule has 1 aromatic heterocycles. The Morgan fingerprint density at radius 1 is 1.04 bits per heavy atom. The van der Waals surface area contributed by atoms with E-state index in [0.717, 1.165) is 22.9 Å². The fourth-order valence-electron chi connectivity index (χ4n) is 3.34. The number of aromatic nitrogens is 1. The lowest BCUT2D eigenvalue weighted by Gasteiger charge is -2.29. The van der Waals surface area contributed by atoms with Crippen LogP contribution in [0.15, 0.2) is 66.9 Å². The van der Waals surface area contributed by atoms with E-state index in [-0.39, 0.29) is 16.8 Å². The van der Waals surface area contributed by atoms with Gasteiger partial charge in [-0.05, 0) is 49.4 Å². The van der Waals surface area contributed by atoms with Crippen LogP contribution in [0.25, 0.3) is 0 Å². The zero-order valence-corrected chi connectivity index (χ0v) is 14.1. The van der Waals surface area contributed by atoms with Gasteiger partial charge in [0, 0.05) is 29.7 Å². The molecule has 0 spiro atoms. The molecule has 0 radical (unpaired) electrons. The molecule has 130 valence electrons. The minimum absolute atomic E-state index is 0.0538. The number of non-ortho nitro benzene ring substituents is 1. The number of anilines is 5. The predicted molar refractivity (Wildman–Crippen MR) is 102 cm³/mol. The molecule has 7 heteroatoms. The van der Waals surface area contributed by atoms with Gasteiger partial charge in [0.2, 0.25) is 0 Å². The summed E-state index contributed by atoms with van der Waals surface area (Å²) in [6.07, 6.45) is 1.62. The van der Waals surface area contributed by atoms with Gasteiger partial charge in [0.05, 0.1) is 16.3 Å². The first-order chi connectivity index (χ1) is 12.6. The molecule has 7 nitrogen and oxygen atoms in total. The van der Waals surface area contributed by atoms with Gasteiger partial charge in [0.1, 0.15) is 6.17 Å². The highest BCUT2D eigenvalue weighted by Crippen LogP contribution is 2.46. The lowest BCUT2D eigenvalue weighted by molar-refractivity contribution is -0.384. The summed E-state index contributed by atoms with van der Waals surface area (Å²) in [4.78, 5) is 19.4. The van der Waals surface area contributed by atoms with Crippen molar-refractivity contribution in [2.75, 3.05) is 15.5 Å². The molecule has 3 aromatic rings. The quantitative estimate of drug-likeness (QED) is 0.434. The summed E-state index contributed by atoms with van der Waals surface area (Å²) < 4.78 is 0. The number of nitrogen functional groups attached to an aromatic ring is 1. The Kier molecular flexibility index (Phi) is 3.69. The van der Waals surface area contributed by atoms with E-state index in [4.69, 9.17) is 5.73 Å². The van der Waals surface area contributed by atoms with Crippen molar-refractivity contribution >= 4 is 34.3 Å². The second-order valence-corrected chi connectivity index (χ2v) is 6.09. The number of benzene rings is 2. The van der Waals surface area contributed by atoms with Crippen LogP contribution in [0.4, 0.5) is 34.3 Å². The number of fused-ring (bicyclic) bond motifs is 1. The molecule has 1 atom stereocenters. The summed E-state index contributed by atoms with van der Waals surface area (Å²) in [6, 6.07) is 18.1. The molecule has 1 aliphatic rings. The normalized spacial score (nSPS) is 15.8. The minimum Gasteiger partial charge on any atom is -0.399 e. The van der Waals surface area contributed by atoms with Gasteiger partial charge < -0.3 is 15.5 Å². The number of nitro groups is 1. The van der Waals surface area contributed by atoms with Gasteiger partial charge in [-0.3, -0.25) is 10.1 Å². The number of hydrogen-bond acceptors (Lipinski definition) is 6. The Morgan fingerprint density at radius 3 is 2.54 bits per heavy atom. The molecular weight excluding hydrogens is 330 g/mol. The fourth-order valence-corrected chi connectivity index (χ4v) is 3.34. The molecule has 0 fully saturated rings. The maximum atomic E-state index is 11.2. The molecule has 26 heavy (non-hydrogen) atoms. The summed E-state index contributed by atoms with van der Waals surface area (Å²) in [7, 11) is 0. The molecule has 4 rings (SSSR count). The summed E-state index contributed by atoms with van der Waals surface area (Å²) in [5, 5.41) is 11.2. The molecule has 0 amide bonds. The SMILES string of the molecule is CC1N(c2ccc(N)cc2)c2cccnc2N1c1cccc([N+](=O)[O-])c1. The maximum absolute atomic E-state index is 11.2. The first-order valence-electron chi connectivity index (χ1n) is 8.20. The average Bonchev–Trinajstić information content (AvgIpc) is 2.94. The molecule has 1 unspecified atom stereocenters. The Balaban J connectivity index is 1.83. The molecule has 1 aliphatic heterocycles. The fraction of sp³-hybridized carbons (Fsp3) is 0.105. The number of nitro benzene ring substituents is 1. The van der Waals surface area contributed by atoms with Crippen molar-refractivity contribution in [2.24, 2.45) is 0 Å². The minimum atomic E-state index is -0.388. The van der Waals surface area contributed by atoms with Crippen LogP contribution in [0.3, 0.4) is 0 Å². The van der Waals surface area contributed by atoms with Crippen LogP contribution in [0.1, 0.15) is 6.92 Å². The van der Waals surface area contributed by atoms with Gasteiger partial charge in [-0.25, -0.2) is 4.98 Å². The third-order valence-electron chi connectivity index (χ3n) is 4.49. The Labute approximate surface area is 150 Å². The summed E-state index contributed by atoms with van der Waals surface area (Å²) in [6.45, 7) is 2.04. The number of nitrogens with zero attached hydrogens (tertiary/aromatic N) is 4. The van der Waals surface area contributed by atoms with Crippen LogP contribution < -0.4 is 15.5 Å². The number of hydrogen-bond donors (Lipinski definition) is 1. The topological polar surface area (TPSA) is 88.5 Å². The first-order valence-corrected chi connectivity index (χ1v) is 8.20. The lowest BCUT2D eigenvalue weighted by Crippen LogP contribution is -2.35. The smallest absolute Gasteiger partial charge is 0.271 e. The van der Waals surface area contributed by atoms with E-state index in [1.165, 1.54) is 6.07 Å². The largest absolute Gasteiger partial charge is 0.399 e. The third-order valence-corrected chi connectivity index (χ3v) is 4.49. The highest BCUT2D eigenvalue weighted by Gasteiger charge is 2.36. The summed E-state index contributed by atoms with van der Waals surface area (Å²) in [5.74, 6) is 0.761. The highest BCUT2D eigenvalue weighted by atomic mass is 16.6. The van der Waals surface area contributed by atoms with E-state index in [0.29, 0.717) is 5.69 Å². The Hall–Kier alpha value is -3.61. The third kappa shape index (κ3) is 2.50. The maximum Gasteiger partial charge on any atom is 0.271 e. The molecular formula is C19H17N5O2. The van der Waals surface area contributed by atoms with Crippen LogP contribution in [-0.4, -0.2) is 16.1 Å². The monoisotopic (exact) mass is 347 g/mol. The van der Waals surface area contributed by atoms with Crippen molar-refractivity contribution in [3.05, 3.63) is 77.0 Å². The molecule has 2 aromatic carbocycles. The molecule has 0 saturated carbocycles. The molecule has 2 heterocycles. The summed E-state index contributed by atoms with van der Waals surface area (Å²) >= 11 is 0. The number of rotatable bonds is 3. The van der Waals surface area contributed by atoms with Gasteiger partial charge in [-0.15, -0.1) is 0 Å². The van der Waals surface area contributed by atoms with Crippen LogP contribution in [0.5, 0.6) is 0 Å². The van der Waals surface area contributed by atoms with E-state index >= 15 is 0 Å². The number of pyridine rings is 1. The van der Waals surface area contributed by atoms with Gasteiger partial charge in [0.25, 0.3) is 5.69 Å². The van der Waals surface area contributed by atoms with E-state index in [2.05, 4.69) is 9.88 Å². The van der Waals surface area contributed by atoms with Crippen LogP contribution in [-0.2, 0) is 0 Å². The first kappa shape index (κ1) is 15.9. The van der Waals surface area contributed by atoms with Crippen molar-refractivity contribution in [1.29, 1.82) is 0 Å². The Bertz CT molecular complexity index is 974. The van der Waals surface area contributed by atoms with Crippen molar-refractivity contribution < 1.29 is 4.92 Å². The van der Waals surface area contributed by atoms with Gasteiger partial charge >= 0.3 is 0 Å². The van der Waals surface area contributed by atoms with E-state index in [1.54, 1.807) is 18.3 Å². The van der Waals surface area contributed by atoms with Crippen molar-refractivity contribution in [3.63, 3.8) is 0 Å². The molecule has 0 saturated heterocycles. The standard InChI is InChI=1S/C19H17N5O2/c1-13-22(15-9-7-14(20)8-10-15)18-6-3-11-21-19(18)23(13)16-4-2-5-17(12-16)24(25)26/h2-13H,20H2,1H3. The van der Waals surface area contributed by atoms with Gasteiger partial charge in [-0.2, -0.15) is 0 Å². The van der Waals surface area contributed by atoms with Crippen LogP contribution in [0.2, 0.25) is 0 Å². The second kappa shape index (κ2) is 6.03. The predicted octanol–water partition coefficient (Wildman–Crippen LogP) is 4.21.